The molecule has 0 aliphatic rings. The second kappa shape index (κ2) is 7.17. The summed E-state index contributed by atoms with van der Waals surface area (Å²) in [5.41, 5.74) is 0.555. The van der Waals surface area contributed by atoms with Gasteiger partial charge in [0.05, 0.1) is 0 Å². The van der Waals surface area contributed by atoms with E-state index in [2.05, 4.69) is 5.32 Å². The van der Waals surface area contributed by atoms with Gasteiger partial charge in [0.2, 0.25) is 0 Å². The molecule has 0 aliphatic heterocycles. The number of ether oxygens (including phenoxy) is 1. The predicted octanol–water partition coefficient (Wildman–Crippen LogP) is 2.97. The van der Waals surface area contributed by atoms with Crippen LogP contribution in [0.4, 0.5) is 13.2 Å². The zero-order valence-electron chi connectivity index (χ0n) is 9.68. The average Bonchev–Trinajstić information content (AvgIpc) is 2.28. The van der Waals surface area contributed by atoms with Gasteiger partial charge in [0.25, 0.3) is 6.43 Å². The van der Waals surface area contributed by atoms with E-state index in [1.807, 2.05) is 6.92 Å². The first kappa shape index (κ1) is 13.8. The Bertz CT molecular complexity index is 345. The van der Waals surface area contributed by atoms with Crippen molar-refractivity contribution in [2.75, 3.05) is 13.2 Å². The normalized spacial score (nSPS) is 10.9. The van der Waals surface area contributed by atoms with Crippen LogP contribution in [0.2, 0.25) is 0 Å². The van der Waals surface area contributed by atoms with Gasteiger partial charge in [-0.05, 0) is 31.2 Å². The van der Waals surface area contributed by atoms with Gasteiger partial charge in [-0.15, -0.1) is 0 Å². The van der Waals surface area contributed by atoms with Gasteiger partial charge >= 0.3 is 0 Å². The molecule has 1 aromatic rings. The first-order chi connectivity index (χ1) is 8.13. The summed E-state index contributed by atoms with van der Waals surface area (Å²) < 4.78 is 42.0. The molecule has 1 aromatic carbocycles. The van der Waals surface area contributed by atoms with Crippen molar-refractivity contribution < 1.29 is 17.9 Å². The highest BCUT2D eigenvalue weighted by Crippen LogP contribution is 2.20. The topological polar surface area (TPSA) is 21.3 Å². The number of alkyl halides is 2. The van der Waals surface area contributed by atoms with Crippen LogP contribution in [0.3, 0.4) is 0 Å². The highest BCUT2D eigenvalue weighted by Gasteiger charge is 2.08. The number of rotatable bonds is 7. The van der Waals surface area contributed by atoms with E-state index < -0.39 is 18.8 Å². The van der Waals surface area contributed by atoms with Crippen LogP contribution in [0.5, 0.6) is 5.75 Å². The monoisotopic (exact) mass is 247 g/mol. The Morgan fingerprint density at radius 3 is 2.76 bits per heavy atom. The lowest BCUT2D eigenvalue weighted by atomic mass is 10.2. The molecule has 0 unspecified atom stereocenters. The summed E-state index contributed by atoms with van der Waals surface area (Å²) in [6.07, 6.45) is -1.58. The molecule has 0 aromatic heterocycles. The molecular formula is C12H16F3NO. The van der Waals surface area contributed by atoms with Crippen LogP contribution in [0.15, 0.2) is 18.2 Å². The quantitative estimate of drug-likeness (QED) is 0.748. The van der Waals surface area contributed by atoms with Crippen molar-refractivity contribution in [1.82, 2.24) is 5.32 Å². The third-order valence-electron chi connectivity index (χ3n) is 2.13. The first-order valence-corrected chi connectivity index (χ1v) is 5.53. The minimum atomic E-state index is -2.53. The summed E-state index contributed by atoms with van der Waals surface area (Å²) in [5.74, 6) is -0.0991. The van der Waals surface area contributed by atoms with Crippen molar-refractivity contribution in [2.45, 2.75) is 26.3 Å². The standard InChI is InChI=1S/C12H16F3NO/c1-2-5-16-7-9-6-10(13)3-4-11(9)17-8-12(14)15/h3-4,6,12,16H,2,5,7-8H2,1H3. The molecule has 0 aliphatic carbocycles. The first-order valence-electron chi connectivity index (χ1n) is 5.53. The third-order valence-corrected chi connectivity index (χ3v) is 2.13. The second-order valence-electron chi connectivity index (χ2n) is 3.63. The van der Waals surface area contributed by atoms with E-state index in [0.717, 1.165) is 13.0 Å². The van der Waals surface area contributed by atoms with Gasteiger partial charge in [-0.25, -0.2) is 13.2 Å². The fraction of sp³-hybridized carbons (Fsp3) is 0.500. The smallest absolute Gasteiger partial charge is 0.272 e. The summed E-state index contributed by atoms with van der Waals surface area (Å²) in [6.45, 7) is 2.52. The molecule has 1 N–H and O–H groups in total. The van der Waals surface area contributed by atoms with Crippen LogP contribution in [0, 0.1) is 5.82 Å². The minimum Gasteiger partial charge on any atom is -0.487 e. The van der Waals surface area contributed by atoms with Crippen molar-refractivity contribution in [2.24, 2.45) is 0 Å². The Morgan fingerprint density at radius 2 is 2.12 bits per heavy atom. The van der Waals surface area contributed by atoms with Gasteiger partial charge in [-0.3, -0.25) is 0 Å². The summed E-state index contributed by atoms with van der Waals surface area (Å²) in [5, 5.41) is 3.07. The molecular weight excluding hydrogens is 231 g/mol. The molecule has 1 rings (SSSR count). The highest BCUT2D eigenvalue weighted by molar-refractivity contribution is 5.33. The van der Waals surface area contributed by atoms with Gasteiger partial charge in [0.15, 0.2) is 0 Å². The Kier molecular flexibility index (Phi) is 5.83. The molecule has 0 atom stereocenters. The minimum absolute atomic E-state index is 0.301. The van der Waals surface area contributed by atoms with Crippen molar-refractivity contribution in [3.8, 4) is 5.75 Å². The molecule has 0 fully saturated rings. The molecule has 5 heteroatoms. The maximum atomic E-state index is 13.0. The number of hydrogen-bond donors (Lipinski definition) is 1. The van der Waals surface area contributed by atoms with Crippen LogP contribution < -0.4 is 10.1 Å². The van der Waals surface area contributed by atoms with Gasteiger partial charge in [-0.2, -0.15) is 0 Å². The van der Waals surface area contributed by atoms with Crippen molar-refractivity contribution >= 4 is 0 Å². The fourth-order valence-electron chi connectivity index (χ4n) is 1.38. The van der Waals surface area contributed by atoms with E-state index in [9.17, 15) is 13.2 Å². The average molecular weight is 247 g/mol. The van der Waals surface area contributed by atoms with E-state index in [1.54, 1.807) is 0 Å². The fourth-order valence-corrected chi connectivity index (χ4v) is 1.38. The summed E-state index contributed by atoms with van der Waals surface area (Å²) >= 11 is 0. The Labute approximate surface area is 98.8 Å². The number of benzene rings is 1. The maximum absolute atomic E-state index is 13.0. The highest BCUT2D eigenvalue weighted by atomic mass is 19.3. The molecule has 96 valence electrons. The van der Waals surface area contributed by atoms with E-state index in [0.29, 0.717) is 17.9 Å². The van der Waals surface area contributed by atoms with E-state index in [1.165, 1.54) is 18.2 Å². The third kappa shape index (κ3) is 5.08. The molecule has 0 heterocycles. The molecule has 0 saturated carbocycles. The second-order valence-corrected chi connectivity index (χ2v) is 3.63. The lowest BCUT2D eigenvalue weighted by Gasteiger charge is -2.11. The van der Waals surface area contributed by atoms with Crippen LogP contribution in [-0.4, -0.2) is 19.6 Å². The number of nitrogens with one attached hydrogen (secondary N) is 1. The van der Waals surface area contributed by atoms with Crippen molar-refractivity contribution in [3.63, 3.8) is 0 Å². The molecule has 0 amide bonds. The van der Waals surface area contributed by atoms with Crippen LogP contribution in [-0.2, 0) is 6.54 Å². The molecule has 17 heavy (non-hydrogen) atoms. The summed E-state index contributed by atoms with van der Waals surface area (Å²) in [6, 6.07) is 3.87. The summed E-state index contributed by atoms with van der Waals surface area (Å²) in [4.78, 5) is 0. The molecule has 2 nitrogen and oxygen atoms in total. The van der Waals surface area contributed by atoms with E-state index >= 15 is 0 Å². The largest absolute Gasteiger partial charge is 0.487 e. The zero-order chi connectivity index (χ0) is 12.7. The van der Waals surface area contributed by atoms with Crippen molar-refractivity contribution in [3.05, 3.63) is 29.6 Å². The Morgan fingerprint density at radius 1 is 1.35 bits per heavy atom. The number of halogens is 3. The van der Waals surface area contributed by atoms with Gasteiger partial charge in [0.1, 0.15) is 18.2 Å². The van der Waals surface area contributed by atoms with Crippen molar-refractivity contribution in [1.29, 1.82) is 0 Å². The lowest BCUT2D eigenvalue weighted by Crippen LogP contribution is -2.16. The lowest BCUT2D eigenvalue weighted by molar-refractivity contribution is 0.0813. The number of hydrogen-bond acceptors (Lipinski definition) is 2. The van der Waals surface area contributed by atoms with Gasteiger partial charge in [-0.1, -0.05) is 6.92 Å². The van der Waals surface area contributed by atoms with E-state index in [4.69, 9.17) is 4.74 Å². The predicted molar refractivity (Wildman–Crippen MR) is 59.9 cm³/mol. The van der Waals surface area contributed by atoms with Crippen LogP contribution in [0.25, 0.3) is 0 Å². The molecule has 0 spiro atoms. The SMILES string of the molecule is CCCNCc1cc(F)ccc1OCC(F)F. The molecule has 0 bridgehead atoms. The Balaban J connectivity index is 2.66. The van der Waals surface area contributed by atoms with Crippen LogP contribution >= 0.6 is 0 Å². The molecule has 0 saturated heterocycles. The Hall–Kier alpha value is -1.23. The van der Waals surface area contributed by atoms with E-state index in [-0.39, 0.29) is 0 Å². The zero-order valence-corrected chi connectivity index (χ0v) is 9.68. The maximum Gasteiger partial charge on any atom is 0.272 e. The van der Waals surface area contributed by atoms with Crippen LogP contribution in [0.1, 0.15) is 18.9 Å². The summed E-state index contributed by atoms with van der Waals surface area (Å²) in [7, 11) is 0. The molecule has 0 radical (unpaired) electrons. The van der Waals surface area contributed by atoms with Gasteiger partial charge in [0, 0.05) is 12.1 Å². The van der Waals surface area contributed by atoms with Gasteiger partial charge < -0.3 is 10.1 Å².